The highest BCUT2D eigenvalue weighted by atomic mass is 19.3. The third-order valence-corrected chi connectivity index (χ3v) is 2.39. The summed E-state index contributed by atoms with van der Waals surface area (Å²) in [4.78, 5) is 11.2. The standard InChI is InChI=1S/C12H14F2O2/c1-8(2)12(13,14)10-6-4-5-9(7-10)11(15)16-3/h4-8H,1-3H3. The van der Waals surface area contributed by atoms with Crippen LogP contribution in [0.3, 0.4) is 0 Å². The molecule has 0 saturated carbocycles. The Kier molecular flexibility index (Phi) is 3.62. The summed E-state index contributed by atoms with van der Waals surface area (Å²) >= 11 is 0. The fourth-order valence-electron chi connectivity index (χ4n) is 1.30. The first kappa shape index (κ1) is 12.6. The first-order valence-electron chi connectivity index (χ1n) is 4.96. The largest absolute Gasteiger partial charge is 0.465 e. The van der Waals surface area contributed by atoms with E-state index in [1.807, 2.05) is 0 Å². The molecule has 0 spiro atoms. The van der Waals surface area contributed by atoms with Gasteiger partial charge in [-0.05, 0) is 12.1 Å². The van der Waals surface area contributed by atoms with Gasteiger partial charge in [0.25, 0.3) is 5.92 Å². The molecule has 0 N–H and O–H groups in total. The zero-order chi connectivity index (χ0) is 12.3. The van der Waals surface area contributed by atoms with E-state index in [9.17, 15) is 13.6 Å². The van der Waals surface area contributed by atoms with E-state index in [1.54, 1.807) is 0 Å². The molecule has 4 heteroatoms. The molecule has 1 aromatic carbocycles. The Morgan fingerprint density at radius 3 is 2.50 bits per heavy atom. The van der Waals surface area contributed by atoms with Gasteiger partial charge < -0.3 is 4.74 Å². The molecule has 1 aromatic rings. The molecule has 0 fully saturated rings. The van der Waals surface area contributed by atoms with E-state index in [4.69, 9.17) is 0 Å². The fraction of sp³-hybridized carbons (Fsp3) is 0.417. The van der Waals surface area contributed by atoms with E-state index in [0.29, 0.717) is 0 Å². The molecule has 0 aliphatic carbocycles. The number of halogens is 2. The van der Waals surface area contributed by atoms with Gasteiger partial charge in [0.05, 0.1) is 12.7 Å². The van der Waals surface area contributed by atoms with Crippen LogP contribution in [0.25, 0.3) is 0 Å². The SMILES string of the molecule is COC(=O)c1cccc(C(F)(F)C(C)C)c1. The van der Waals surface area contributed by atoms with Gasteiger partial charge in [0.1, 0.15) is 0 Å². The Bertz CT molecular complexity index is 386. The lowest BCUT2D eigenvalue weighted by atomic mass is 9.96. The number of ether oxygens (including phenoxy) is 1. The summed E-state index contributed by atoms with van der Waals surface area (Å²) in [6.45, 7) is 2.87. The number of esters is 1. The van der Waals surface area contributed by atoms with Crippen molar-refractivity contribution in [2.75, 3.05) is 7.11 Å². The van der Waals surface area contributed by atoms with Crippen molar-refractivity contribution in [1.82, 2.24) is 0 Å². The summed E-state index contributed by atoms with van der Waals surface area (Å²) in [5.41, 5.74) is -0.0225. The van der Waals surface area contributed by atoms with Gasteiger partial charge in [-0.15, -0.1) is 0 Å². The number of hydrogen-bond acceptors (Lipinski definition) is 2. The van der Waals surface area contributed by atoms with Gasteiger partial charge in [-0.25, -0.2) is 13.6 Å². The van der Waals surface area contributed by atoms with Crippen molar-refractivity contribution in [3.05, 3.63) is 35.4 Å². The van der Waals surface area contributed by atoms with Crippen molar-refractivity contribution in [2.45, 2.75) is 19.8 Å². The van der Waals surface area contributed by atoms with E-state index in [0.717, 1.165) is 0 Å². The van der Waals surface area contributed by atoms with Crippen LogP contribution >= 0.6 is 0 Å². The van der Waals surface area contributed by atoms with Crippen LogP contribution in [0, 0.1) is 5.92 Å². The van der Waals surface area contributed by atoms with Gasteiger partial charge >= 0.3 is 5.97 Å². The molecule has 0 aromatic heterocycles. The van der Waals surface area contributed by atoms with Crippen LogP contribution < -0.4 is 0 Å². The van der Waals surface area contributed by atoms with Crippen molar-refractivity contribution in [3.8, 4) is 0 Å². The molecule has 0 atom stereocenters. The van der Waals surface area contributed by atoms with Crippen molar-refractivity contribution in [3.63, 3.8) is 0 Å². The molecular formula is C12H14F2O2. The van der Waals surface area contributed by atoms with Gasteiger partial charge in [0, 0.05) is 11.5 Å². The lowest BCUT2D eigenvalue weighted by Crippen LogP contribution is -2.21. The van der Waals surface area contributed by atoms with Crippen LogP contribution in [-0.4, -0.2) is 13.1 Å². The van der Waals surface area contributed by atoms with Gasteiger partial charge in [0.2, 0.25) is 0 Å². The average Bonchev–Trinajstić information content (AvgIpc) is 2.28. The smallest absolute Gasteiger partial charge is 0.337 e. The molecule has 0 radical (unpaired) electrons. The highest BCUT2D eigenvalue weighted by molar-refractivity contribution is 5.89. The second-order valence-corrected chi connectivity index (χ2v) is 3.85. The van der Waals surface area contributed by atoms with Crippen molar-refractivity contribution in [2.24, 2.45) is 5.92 Å². The topological polar surface area (TPSA) is 26.3 Å². The number of rotatable bonds is 3. The maximum Gasteiger partial charge on any atom is 0.337 e. The number of benzene rings is 1. The van der Waals surface area contributed by atoms with E-state index in [2.05, 4.69) is 4.74 Å². The van der Waals surface area contributed by atoms with Crippen LogP contribution in [0.4, 0.5) is 8.78 Å². The maximum absolute atomic E-state index is 13.7. The van der Waals surface area contributed by atoms with Crippen LogP contribution in [0.15, 0.2) is 24.3 Å². The summed E-state index contributed by atoms with van der Waals surface area (Å²) in [5.74, 6) is -4.37. The Labute approximate surface area is 93.2 Å². The molecule has 0 unspecified atom stereocenters. The maximum atomic E-state index is 13.7. The highest BCUT2D eigenvalue weighted by Crippen LogP contribution is 2.35. The van der Waals surface area contributed by atoms with Crippen LogP contribution in [-0.2, 0) is 10.7 Å². The Morgan fingerprint density at radius 1 is 1.38 bits per heavy atom. The molecule has 0 amide bonds. The number of carbonyl (C=O) groups is 1. The van der Waals surface area contributed by atoms with E-state index >= 15 is 0 Å². The summed E-state index contributed by atoms with van der Waals surface area (Å²) in [7, 11) is 1.22. The second kappa shape index (κ2) is 4.60. The van der Waals surface area contributed by atoms with E-state index in [1.165, 1.54) is 45.2 Å². The summed E-state index contributed by atoms with van der Waals surface area (Å²) in [6.07, 6.45) is 0. The average molecular weight is 228 g/mol. The minimum absolute atomic E-state index is 0.139. The number of hydrogen-bond donors (Lipinski definition) is 0. The first-order valence-corrected chi connectivity index (χ1v) is 4.96. The Hall–Kier alpha value is -1.45. The van der Waals surface area contributed by atoms with Crippen LogP contribution in [0.5, 0.6) is 0 Å². The normalized spacial score (nSPS) is 11.6. The Morgan fingerprint density at radius 2 is 2.00 bits per heavy atom. The van der Waals surface area contributed by atoms with E-state index in [-0.39, 0.29) is 11.1 Å². The summed E-state index contributed by atoms with van der Waals surface area (Å²) in [6, 6.07) is 5.36. The molecular weight excluding hydrogens is 214 g/mol. The predicted molar refractivity (Wildman–Crippen MR) is 56.5 cm³/mol. The molecule has 0 saturated heterocycles. The molecule has 16 heavy (non-hydrogen) atoms. The summed E-state index contributed by atoms with van der Waals surface area (Å²) < 4.78 is 31.8. The zero-order valence-electron chi connectivity index (χ0n) is 9.46. The monoisotopic (exact) mass is 228 g/mol. The lowest BCUT2D eigenvalue weighted by molar-refractivity contribution is -0.0514. The molecule has 88 valence electrons. The number of alkyl halides is 2. The quantitative estimate of drug-likeness (QED) is 0.742. The third-order valence-electron chi connectivity index (χ3n) is 2.39. The lowest BCUT2D eigenvalue weighted by Gasteiger charge is -2.21. The van der Waals surface area contributed by atoms with Gasteiger partial charge in [-0.2, -0.15) is 0 Å². The fourth-order valence-corrected chi connectivity index (χ4v) is 1.30. The van der Waals surface area contributed by atoms with Gasteiger partial charge in [-0.3, -0.25) is 0 Å². The minimum atomic E-state index is -2.94. The zero-order valence-corrected chi connectivity index (χ0v) is 9.46. The highest BCUT2D eigenvalue weighted by Gasteiger charge is 2.35. The van der Waals surface area contributed by atoms with Gasteiger partial charge in [0.15, 0.2) is 0 Å². The molecule has 1 rings (SSSR count). The second-order valence-electron chi connectivity index (χ2n) is 3.85. The van der Waals surface area contributed by atoms with Crippen LogP contribution in [0.2, 0.25) is 0 Å². The third kappa shape index (κ3) is 2.38. The van der Waals surface area contributed by atoms with Crippen molar-refractivity contribution < 1.29 is 18.3 Å². The van der Waals surface area contributed by atoms with E-state index < -0.39 is 17.8 Å². The number of carbonyl (C=O) groups excluding carboxylic acids is 1. The van der Waals surface area contributed by atoms with Crippen molar-refractivity contribution >= 4 is 5.97 Å². The Balaban J connectivity index is 3.12. The minimum Gasteiger partial charge on any atom is -0.465 e. The molecule has 0 aliphatic heterocycles. The summed E-state index contributed by atoms with van der Waals surface area (Å²) in [5, 5.41) is 0. The molecule has 2 nitrogen and oxygen atoms in total. The predicted octanol–water partition coefficient (Wildman–Crippen LogP) is 3.22. The number of methoxy groups -OCH3 is 1. The molecule has 0 bridgehead atoms. The van der Waals surface area contributed by atoms with Crippen LogP contribution in [0.1, 0.15) is 29.8 Å². The van der Waals surface area contributed by atoms with Crippen molar-refractivity contribution in [1.29, 1.82) is 0 Å². The molecule has 0 aliphatic rings. The van der Waals surface area contributed by atoms with Gasteiger partial charge in [-0.1, -0.05) is 26.0 Å². The molecule has 0 heterocycles. The first-order chi connectivity index (χ1) is 7.39.